The molecule has 0 amide bonds. The van der Waals surface area contributed by atoms with E-state index in [9.17, 15) is 0 Å². The summed E-state index contributed by atoms with van der Waals surface area (Å²) in [4.78, 5) is 6.94. The van der Waals surface area contributed by atoms with E-state index >= 15 is 0 Å². The molecule has 2 atom stereocenters. The highest BCUT2D eigenvalue weighted by atomic mass is 32.1. The van der Waals surface area contributed by atoms with Crippen molar-refractivity contribution in [1.29, 1.82) is 0 Å². The summed E-state index contributed by atoms with van der Waals surface area (Å²) >= 11 is 5.88. The monoisotopic (exact) mass is 438 g/mol. The van der Waals surface area contributed by atoms with Crippen LogP contribution < -0.4 is 10.2 Å². The molecule has 32 heavy (non-hydrogen) atoms. The fourth-order valence-electron chi connectivity index (χ4n) is 4.92. The molecule has 2 aromatic carbocycles. The average molecular weight is 439 g/mol. The number of nitrogens with one attached hydrogen (secondary N) is 1. The van der Waals surface area contributed by atoms with Gasteiger partial charge in [0.25, 0.3) is 0 Å². The second-order valence-electron chi connectivity index (χ2n) is 8.21. The molecule has 0 radical (unpaired) electrons. The Kier molecular flexibility index (Phi) is 5.27. The van der Waals surface area contributed by atoms with Crippen molar-refractivity contribution in [3.8, 4) is 5.69 Å². The van der Waals surface area contributed by atoms with Crippen LogP contribution in [0, 0.1) is 20.8 Å². The summed E-state index contributed by atoms with van der Waals surface area (Å²) < 4.78 is 2.35. The van der Waals surface area contributed by atoms with Crippen molar-refractivity contribution >= 4 is 23.0 Å². The minimum atomic E-state index is -0.0488. The molecular weight excluding hydrogens is 412 g/mol. The van der Waals surface area contributed by atoms with Gasteiger partial charge in [0.05, 0.1) is 17.8 Å². The zero-order valence-electron chi connectivity index (χ0n) is 18.5. The third-order valence-corrected chi connectivity index (χ3v) is 6.76. The number of hydrogen-bond donors (Lipinski definition) is 1. The summed E-state index contributed by atoms with van der Waals surface area (Å²) in [6.45, 7) is 6.63. The molecule has 4 aromatic rings. The Balaban J connectivity index is 1.73. The number of nitrogens with zero attached hydrogens (tertiary/aromatic N) is 3. The van der Waals surface area contributed by atoms with E-state index in [0.29, 0.717) is 0 Å². The van der Waals surface area contributed by atoms with Gasteiger partial charge in [0.15, 0.2) is 5.11 Å². The van der Waals surface area contributed by atoms with Crippen LogP contribution in [0.2, 0.25) is 0 Å². The van der Waals surface area contributed by atoms with Crippen molar-refractivity contribution < 1.29 is 0 Å². The maximum absolute atomic E-state index is 5.88. The minimum Gasteiger partial charge on any atom is -0.351 e. The molecule has 5 heteroatoms. The molecule has 5 rings (SSSR count). The molecule has 1 aliphatic rings. The Labute approximate surface area is 194 Å². The van der Waals surface area contributed by atoms with Gasteiger partial charge in [0.1, 0.15) is 0 Å². The molecule has 160 valence electrons. The highest BCUT2D eigenvalue weighted by molar-refractivity contribution is 7.80. The summed E-state index contributed by atoms with van der Waals surface area (Å²) in [5.74, 6) is 0. The van der Waals surface area contributed by atoms with Gasteiger partial charge in [-0.25, -0.2) is 0 Å². The number of pyridine rings is 1. The predicted octanol–water partition coefficient (Wildman–Crippen LogP) is 5.97. The molecule has 0 bridgehead atoms. The summed E-state index contributed by atoms with van der Waals surface area (Å²) in [5, 5.41) is 4.30. The molecule has 1 saturated heterocycles. The highest BCUT2D eigenvalue weighted by Crippen LogP contribution is 2.45. The predicted molar refractivity (Wildman–Crippen MR) is 134 cm³/mol. The summed E-state index contributed by atoms with van der Waals surface area (Å²) in [7, 11) is 0. The lowest BCUT2D eigenvalue weighted by Crippen LogP contribution is -2.29. The average Bonchev–Trinajstić information content (AvgIpc) is 3.28. The summed E-state index contributed by atoms with van der Waals surface area (Å²) in [6.07, 6.45) is 1.85. The quantitative estimate of drug-likeness (QED) is 0.398. The normalized spacial score (nSPS) is 18.1. The molecule has 3 heterocycles. The van der Waals surface area contributed by atoms with Gasteiger partial charge in [0.2, 0.25) is 0 Å². The molecule has 2 aromatic heterocycles. The van der Waals surface area contributed by atoms with Crippen LogP contribution in [0.4, 0.5) is 5.69 Å². The smallest absolute Gasteiger partial charge is 0.174 e. The number of para-hydroxylation sites is 2. The van der Waals surface area contributed by atoms with Crippen LogP contribution in [0.1, 0.15) is 40.3 Å². The summed E-state index contributed by atoms with van der Waals surface area (Å²) in [6, 6.07) is 26.9. The molecular formula is C27H26N4S. The van der Waals surface area contributed by atoms with Crippen molar-refractivity contribution in [2.75, 3.05) is 4.90 Å². The zero-order chi connectivity index (χ0) is 22.2. The Morgan fingerprint density at radius 1 is 0.781 bits per heavy atom. The van der Waals surface area contributed by atoms with E-state index in [1.54, 1.807) is 0 Å². The molecule has 1 N–H and O–H groups in total. The van der Waals surface area contributed by atoms with Gasteiger partial charge >= 0.3 is 0 Å². The number of hydrogen-bond acceptors (Lipinski definition) is 2. The third kappa shape index (κ3) is 3.30. The van der Waals surface area contributed by atoms with Gasteiger partial charge < -0.3 is 14.8 Å². The zero-order valence-corrected chi connectivity index (χ0v) is 19.3. The number of rotatable bonds is 4. The van der Waals surface area contributed by atoms with Crippen LogP contribution in [-0.2, 0) is 0 Å². The van der Waals surface area contributed by atoms with Crippen molar-refractivity contribution in [2.24, 2.45) is 0 Å². The molecule has 4 nitrogen and oxygen atoms in total. The number of benzene rings is 2. The van der Waals surface area contributed by atoms with Crippen LogP contribution in [-0.4, -0.2) is 14.7 Å². The van der Waals surface area contributed by atoms with E-state index < -0.39 is 0 Å². The van der Waals surface area contributed by atoms with Crippen molar-refractivity contribution in [1.82, 2.24) is 14.9 Å². The number of thiocarbonyl (C=S) groups is 1. The standard InChI is InChI=1S/C27H26N4S/c1-18-19(2)30(21-12-6-4-7-13-21)20(3)24(18)26-25(23-16-10-11-17-28-23)29-27(32)31(26)22-14-8-5-9-15-22/h4-17,25-26H,1-3H3,(H,29,32)/t25-,26+/m1/s1. The van der Waals surface area contributed by atoms with E-state index in [2.05, 4.69) is 96.2 Å². The Hall–Kier alpha value is -3.44. The second-order valence-corrected chi connectivity index (χ2v) is 8.60. The number of anilines is 1. The Morgan fingerprint density at radius 3 is 2.03 bits per heavy atom. The largest absolute Gasteiger partial charge is 0.351 e. The fourth-order valence-corrected chi connectivity index (χ4v) is 5.27. The van der Waals surface area contributed by atoms with Crippen LogP contribution >= 0.6 is 12.2 Å². The molecule has 0 aliphatic carbocycles. The van der Waals surface area contributed by atoms with Gasteiger partial charge in [-0.15, -0.1) is 0 Å². The van der Waals surface area contributed by atoms with E-state index in [0.717, 1.165) is 16.5 Å². The van der Waals surface area contributed by atoms with Gasteiger partial charge in [0, 0.05) is 34.5 Å². The van der Waals surface area contributed by atoms with Crippen molar-refractivity contribution in [3.05, 3.63) is 113 Å². The van der Waals surface area contributed by atoms with Gasteiger partial charge in [-0.05, 0) is 75.0 Å². The lowest BCUT2D eigenvalue weighted by atomic mass is 9.93. The highest BCUT2D eigenvalue weighted by Gasteiger charge is 2.43. The third-order valence-electron chi connectivity index (χ3n) is 6.45. The lowest BCUT2D eigenvalue weighted by molar-refractivity contribution is 0.563. The summed E-state index contributed by atoms with van der Waals surface area (Å²) in [5.41, 5.74) is 8.28. The van der Waals surface area contributed by atoms with Crippen LogP contribution in [0.5, 0.6) is 0 Å². The van der Waals surface area contributed by atoms with Gasteiger partial charge in [-0.3, -0.25) is 4.98 Å². The topological polar surface area (TPSA) is 33.1 Å². The second kappa shape index (κ2) is 8.24. The SMILES string of the molecule is Cc1c([C@H]2[C@@H](c3ccccn3)NC(=S)N2c2ccccc2)c(C)n(-c2ccccc2)c1C. The maximum Gasteiger partial charge on any atom is 0.174 e. The molecule has 1 fully saturated rings. The fraction of sp³-hybridized carbons (Fsp3) is 0.185. The Morgan fingerprint density at radius 2 is 1.41 bits per heavy atom. The van der Waals surface area contributed by atoms with Crippen molar-refractivity contribution in [3.63, 3.8) is 0 Å². The maximum atomic E-state index is 5.88. The first-order chi connectivity index (χ1) is 15.6. The first kappa shape index (κ1) is 20.5. The number of aromatic nitrogens is 2. The first-order valence-electron chi connectivity index (χ1n) is 10.9. The molecule has 0 spiro atoms. The van der Waals surface area contributed by atoms with Crippen LogP contribution in [0.15, 0.2) is 85.1 Å². The molecule has 1 aliphatic heterocycles. The van der Waals surface area contributed by atoms with Gasteiger partial charge in [-0.2, -0.15) is 0 Å². The van der Waals surface area contributed by atoms with Gasteiger partial charge in [-0.1, -0.05) is 42.5 Å². The van der Waals surface area contributed by atoms with Crippen LogP contribution in [0.25, 0.3) is 5.69 Å². The first-order valence-corrected chi connectivity index (χ1v) is 11.3. The van der Waals surface area contributed by atoms with E-state index in [-0.39, 0.29) is 12.1 Å². The van der Waals surface area contributed by atoms with Crippen LogP contribution in [0.3, 0.4) is 0 Å². The minimum absolute atomic E-state index is 0.0107. The van der Waals surface area contributed by atoms with E-state index in [1.807, 2.05) is 24.4 Å². The van der Waals surface area contributed by atoms with E-state index in [4.69, 9.17) is 17.2 Å². The Bertz CT molecular complexity index is 1250. The molecule has 0 saturated carbocycles. The van der Waals surface area contributed by atoms with E-state index in [1.165, 1.54) is 28.2 Å². The molecule has 0 unspecified atom stereocenters. The van der Waals surface area contributed by atoms with Crippen molar-refractivity contribution in [2.45, 2.75) is 32.9 Å². The lowest BCUT2D eigenvalue weighted by Gasteiger charge is -2.29.